The molecule has 0 saturated heterocycles. The number of amides is 2. The Kier molecular flexibility index (Phi) is 12.9. The molecule has 2 aliphatic carbocycles. The van der Waals surface area contributed by atoms with Gasteiger partial charge in [-0.05, 0) is 79.0 Å². The van der Waals surface area contributed by atoms with Gasteiger partial charge in [0.25, 0.3) is 0 Å². The van der Waals surface area contributed by atoms with Gasteiger partial charge in [-0.2, -0.15) is 0 Å². The van der Waals surface area contributed by atoms with E-state index in [1.165, 1.54) is 0 Å². The van der Waals surface area contributed by atoms with Gasteiger partial charge >= 0.3 is 6.03 Å². The molecule has 9 N–H and O–H groups in total. The molecule has 2 saturated carbocycles. The van der Waals surface area contributed by atoms with Crippen LogP contribution in [0, 0.1) is 0 Å². The van der Waals surface area contributed by atoms with Crippen molar-refractivity contribution < 1.29 is 40.2 Å². The van der Waals surface area contributed by atoms with Crippen LogP contribution in [0.2, 0.25) is 5.02 Å². The van der Waals surface area contributed by atoms with E-state index in [1.54, 1.807) is 0 Å². The van der Waals surface area contributed by atoms with E-state index in [0.717, 1.165) is 59.3 Å². The first-order valence-electron chi connectivity index (χ1n) is 16.9. The summed E-state index contributed by atoms with van der Waals surface area (Å²) in [4.78, 5) is 16.6. The second-order valence-electron chi connectivity index (χ2n) is 13.0. The molecule has 2 amide bonds. The van der Waals surface area contributed by atoms with Gasteiger partial charge in [-0.15, -0.1) is 0 Å². The molecule has 2 fully saturated rings. The van der Waals surface area contributed by atoms with Gasteiger partial charge < -0.3 is 51.3 Å². The van der Waals surface area contributed by atoms with E-state index in [0.29, 0.717) is 31.0 Å². The van der Waals surface area contributed by atoms with E-state index in [1.807, 2.05) is 48.8 Å². The van der Waals surface area contributed by atoms with E-state index < -0.39 is 37.1 Å². The summed E-state index contributed by atoms with van der Waals surface area (Å²) >= 11 is 6.66. The van der Waals surface area contributed by atoms with Gasteiger partial charge in [0, 0.05) is 60.7 Å². The van der Waals surface area contributed by atoms with Crippen LogP contribution < -0.4 is 20.7 Å². The average molecular weight is 699 g/mol. The van der Waals surface area contributed by atoms with Crippen molar-refractivity contribution in [3.8, 4) is 16.9 Å². The average Bonchev–Trinajstić information content (AvgIpc) is 4.07. The van der Waals surface area contributed by atoms with Gasteiger partial charge in [-0.25, -0.2) is 4.79 Å². The van der Waals surface area contributed by atoms with Crippen LogP contribution in [0.5, 0.6) is 5.75 Å². The highest BCUT2D eigenvalue weighted by atomic mass is 35.5. The maximum absolute atomic E-state index is 12.2. The molecule has 1 heterocycles. The van der Waals surface area contributed by atoms with Crippen molar-refractivity contribution in [2.45, 2.75) is 87.0 Å². The molecule has 3 aromatic rings. The zero-order valence-electron chi connectivity index (χ0n) is 27.3. The van der Waals surface area contributed by atoms with E-state index in [-0.39, 0.29) is 30.7 Å². The number of aliphatic hydroxyl groups is 6. The summed E-state index contributed by atoms with van der Waals surface area (Å²) in [6, 6.07) is 15.4. The monoisotopic (exact) mass is 698 g/mol. The van der Waals surface area contributed by atoms with Gasteiger partial charge in [0.1, 0.15) is 24.1 Å². The Balaban J connectivity index is 1.14. The minimum absolute atomic E-state index is 0.0852. The summed E-state index contributed by atoms with van der Waals surface area (Å²) in [5, 5.41) is 67.5. The van der Waals surface area contributed by atoms with Crippen molar-refractivity contribution >= 4 is 17.6 Å². The lowest BCUT2D eigenvalue weighted by Gasteiger charge is -2.25. The smallest absolute Gasteiger partial charge is 0.314 e. The first-order valence-corrected chi connectivity index (χ1v) is 17.2. The molecule has 2 aromatic carbocycles. The van der Waals surface area contributed by atoms with Gasteiger partial charge in [0.2, 0.25) is 0 Å². The number of pyridine rings is 1. The number of ether oxygens (including phenoxy) is 1. The van der Waals surface area contributed by atoms with Crippen molar-refractivity contribution in [2.24, 2.45) is 0 Å². The van der Waals surface area contributed by atoms with Crippen LogP contribution >= 0.6 is 11.6 Å². The Morgan fingerprint density at radius 3 is 2.43 bits per heavy atom. The largest absolute Gasteiger partial charge is 0.490 e. The quantitative estimate of drug-likeness (QED) is 0.0838. The Morgan fingerprint density at radius 1 is 0.959 bits per heavy atom. The van der Waals surface area contributed by atoms with Gasteiger partial charge in [-0.3, -0.25) is 4.98 Å². The van der Waals surface area contributed by atoms with E-state index in [2.05, 4.69) is 33.1 Å². The van der Waals surface area contributed by atoms with Crippen LogP contribution in [-0.4, -0.2) is 98.5 Å². The van der Waals surface area contributed by atoms with Crippen LogP contribution in [0.15, 0.2) is 60.9 Å². The summed E-state index contributed by atoms with van der Waals surface area (Å²) in [7, 11) is 0. The molecule has 5 atom stereocenters. The Morgan fingerprint density at radius 2 is 1.71 bits per heavy atom. The topological polar surface area (TPSA) is 197 Å². The van der Waals surface area contributed by atoms with Crippen molar-refractivity contribution in [1.82, 2.24) is 20.9 Å². The molecule has 0 spiro atoms. The maximum atomic E-state index is 12.2. The third kappa shape index (κ3) is 9.68. The van der Waals surface area contributed by atoms with Crippen LogP contribution in [0.1, 0.15) is 61.1 Å². The number of benzene rings is 2. The molecule has 266 valence electrons. The molecule has 0 aliphatic heterocycles. The van der Waals surface area contributed by atoms with Crippen molar-refractivity contribution in [2.75, 3.05) is 26.3 Å². The highest BCUT2D eigenvalue weighted by Gasteiger charge is 2.46. The minimum Gasteiger partial charge on any atom is -0.490 e. The summed E-state index contributed by atoms with van der Waals surface area (Å²) in [5.41, 5.74) is 4.90. The molecular formula is C36H47ClN4O8. The Bertz CT molecular complexity index is 1540. The summed E-state index contributed by atoms with van der Waals surface area (Å²) in [5.74, 6) is 0.709. The zero-order valence-corrected chi connectivity index (χ0v) is 28.1. The molecule has 1 aromatic heterocycles. The van der Waals surface area contributed by atoms with Gasteiger partial charge in [0.05, 0.1) is 18.8 Å². The molecule has 5 rings (SSSR count). The molecule has 5 unspecified atom stereocenters. The number of para-hydroxylation sites is 1. The molecule has 0 radical (unpaired) electrons. The number of carbonyl (C=O) groups excluding carboxylic acids is 1. The molecule has 2 aliphatic rings. The third-order valence-electron chi connectivity index (χ3n) is 9.27. The lowest BCUT2D eigenvalue weighted by Crippen LogP contribution is -2.50. The Labute approximate surface area is 291 Å². The van der Waals surface area contributed by atoms with Crippen LogP contribution in [0.25, 0.3) is 11.1 Å². The maximum Gasteiger partial charge on any atom is 0.314 e. The third-order valence-corrected chi connectivity index (χ3v) is 9.64. The van der Waals surface area contributed by atoms with E-state index >= 15 is 0 Å². The van der Waals surface area contributed by atoms with E-state index in [4.69, 9.17) is 21.4 Å². The Hall–Kier alpha value is -3.33. The number of nitrogens with one attached hydrogen (secondary N) is 3. The van der Waals surface area contributed by atoms with E-state index in [9.17, 15) is 30.3 Å². The molecule has 49 heavy (non-hydrogen) atoms. The lowest BCUT2D eigenvalue weighted by molar-refractivity contribution is -0.113. The van der Waals surface area contributed by atoms with Crippen LogP contribution in [-0.2, 0) is 12.1 Å². The molecule has 13 heteroatoms. The predicted octanol–water partition coefficient (Wildman–Crippen LogP) is 2.31. The highest BCUT2D eigenvalue weighted by Crippen LogP contribution is 2.50. The number of aliphatic hydroxyl groups excluding tert-OH is 6. The fourth-order valence-electron chi connectivity index (χ4n) is 5.94. The second kappa shape index (κ2) is 17.1. The number of urea groups is 1. The fraction of sp³-hybridized carbons (Fsp3) is 0.500. The van der Waals surface area contributed by atoms with Gasteiger partial charge in [-0.1, -0.05) is 41.9 Å². The number of aromatic nitrogens is 1. The number of hydrogen-bond acceptors (Lipinski definition) is 10. The summed E-state index contributed by atoms with van der Waals surface area (Å²) in [6.45, 7) is -0.438. The fourth-order valence-corrected chi connectivity index (χ4v) is 6.12. The SMILES string of the molecule is O=C(NCCCC(CO)c1ccc(Cl)c(CNC2(c3cnccc3-c3ccccc3OC3CC3)CC2)c1)NCC(O)C(O)C(O)C(O)CO. The zero-order chi connectivity index (χ0) is 35.0. The predicted molar refractivity (Wildman–Crippen MR) is 184 cm³/mol. The summed E-state index contributed by atoms with van der Waals surface area (Å²) in [6.07, 6.45) is 2.57. The number of nitrogens with zero attached hydrogens (tertiary/aromatic N) is 1. The van der Waals surface area contributed by atoms with Crippen LogP contribution in [0.4, 0.5) is 4.79 Å². The molecule has 12 nitrogen and oxygen atoms in total. The minimum atomic E-state index is -1.77. The summed E-state index contributed by atoms with van der Waals surface area (Å²) < 4.78 is 6.24. The number of rotatable bonds is 19. The standard InChI is InChI=1S/C36H47ClN4O8/c37-29-10-7-22(23(20-42)4-3-14-39-35(48)40-19-30(44)33(46)34(47)31(45)21-43)16-24(29)17-41-36(12-13-36)28-18-38-15-11-26(28)27-5-1-2-6-32(27)49-25-8-9-25/h1-2,5-7,10-11,15-16,18,23,25,30-31,33-34,41-47H,3-4,8-9,12-14,17,19-21H2,(H2,39,40,48). The highest BCUT2D eigenvalue weighted by molar-refractivity contribution is 6.31. The van der Waals surface area contributed by atoms with Crippen molar-refractivity contribution in [3.05, 3.63) is 82.6 Å². The first kappa shape index (κ1) is 36.9. The molecule has 0 bridgehead atoms. The van der Waals surface area contributed by atoms with Crippen molar-refractivity contribution in [1.29, 1.82) is 0 Å². The lowest BCUT2D eigenvalue weighted by atomic mass is 9.93. The van der Waals surface area contributed by atoms with Crippen molar-refractivity contribution in [3.63, 3.8) is 0 Å². The normalized spacial score (nSPS) is 18.2. The first-order chi connectivity index (χ1) is 23.7. The second-order valence-corrected chi connectivity index (χ2v) is 13.4. The number of carbonyl (C=O) groups is 1. The van der Waals surface area contributed by atoms with Gasteiger partial charge in [0.15, 0.2) is 0 Å². The van der Waals surface area contributed by atoms with Crippen LogP contribution in [0.3, 0.4) is 0 Å². The molecular weight excluding hydrogens is 652 g/mol. The number of halogens is 1. The number of hydrogen-bond donors (Lipinski definition) is 9.